The molecule has 0 radical (unpaired) electrons. The summed E-state index contributed by atoms with van der Waals surface area (Å²) in [6, 6.07) is 9.88. The minimum Gasteiger partial charge on any atom is -0.550 e. The lowest BCUT2D eigenvalue weighted by Gasteiger charge is -2.46. The molecule has 2 aliphatic carbocycles. The number of benzene rings is 1. The van der Waals surface area contributed by atoms with E-state index < -0.39 is 17.8 Å². The van der Waals surface area contributed by atoms with Gasteiger partial charge in [-0.2, -0.15) is 0 Å². The van der Waals surface area contributed by atoms with E-state index in [1.165, 1.54) is 0 Å². The number of ether oxygens (including phenoxy) is 1. The van der Waals surface area contributed by atoms with Crippen LogP contribution in [0.1, 0.15) is 51.6 Å². The van der Waals surface area contributed by atoms with E-state index in [2.05, 4.69) is 13.8 Å². The van der Waals surface area contributed by atoms with Crippen LogP contribution in [0.4, 0.5) is 0 Å². The number of hydrogen-bond acceptors (Lipinski definition) is 4. The molecule has 0 spiro atoms. The molecule has 0 aromatic heterocycles. The molecule has 29 heavy (non-hydrogen) atoms. The zero-order valence-electron chi connectivity index (χ0n) is 17.4. The first-order valence-corrected chi connectivity index (χ1v) is 10.7. The van der Waals surface area contributed by atoms with E-state index in [4.69, 9.17) is 4.74 Å². The average molecular weight is 397 g/mol. The van der Waals surface area contributed by atoms with Gasteiger partial charge in [0.1, 0.15) is 0 Å². The molecular weight excluding hydrogens is 366 g/mol. The molecule has 0 unspecified atom stereocenters. The number of carbonyl (C=O) groups is 2. The van der Waals surface area contributed by atoms with Crippen LogP contribution in [0.5, 0.6) is 0 Å². The van der Waals surface area contributed by atoms with Crippen molar-refractivity contribution in [3.05, 3.63) is 48.0 Å². The van der Waals surface area contributed by atoms with Crippen molar-refractivity contribution in [1.82, 2.24) is 4.90 Å². The Morgan fingerprint density at radius 2 is 1.79 bits per heavy atom. The Hall–Kier alpha value is -2.14. The van der Waals surface area contributed by atoms with E-state index in [0.717, 1.165) is 24.8 Å². The SMILES string of the molecule is C[C@@H](c1ccccc1)N(C(=O)[C@@H]1[C@H](C(=O)[O-])[C@H]2C=C[C@@H]1C2)[C@H]1CCOC(C)(C)C1. The number of amides is 1. The molecule has 4 rings (SSSR count). The highest BCUT2D eigenvalue weighted by atomic mass is 16.5. The lowest BCUT2D eigenvalue weighted by Crippen LogP contribution is -2.53. The maximum atomic E-state index is 13.9. The van der Waals surface area contributed by atoms with E-state index >= 15 is 0 Å². The number of carboxylic acid groups (broad SMARTS) is 1. The van der Waals surface area contributed by atoms with Gasteiger partial charge in [-0.1, -0.05) is 42.5 Å². The van der Waals surface area contributed by atoms with Crippen LogP contribution in [0.15, 0.2) is 42.5 Å². The molecule has 0 N–H and O–H groups in total. The van der Waals surface area contributed by atoms with E-state index in [9.17, 15) is 14.7 Å². The molecule has 5 heteroatoms. The van der Waals surface area contributed by atoms with Gasteiger partial charge < -0.3 is 19.5 Å². The molecule has 6 atom stereocenters. The van der Waals surface area contributed by atoms with Crippen LogP contribution in [0.2, 0.25) is 0 Å². The summed E-state index contributed by atoms with van der Waals surface area (Å²) in [7, 11) is 0. The molecule has 156 valence electrons. The fourth-order valence-corrected chi connectivity index (χ4v) is 5.67. The van der Waals surface area contributed by atoms with Crippen molar-refractivity contribution in [3.8, 4) is 0 Å². The van der Waals surface area contributed by atoms with Crippen molar-refractivity contribution in [3.63, 3.8) is 0 Å². The second kappa shape index (κ2) is 7.60. The Bertz CT molecular complexity index is 802. The Labute approximate surface area is 172 Å². The minimum atomic E-state index is -1.10. The van der Waals surface area contributed by atoms with Crippen molar-refractivity contribution in [2.45, 2.75) is 57.7 Å². The topological polar surface area (TPSA) is 69.7 Å². The lowest BCUT2D eigenvalue weighted by molar-refractivity contribution is -0.313. The summed E-state index contributed by atoms with van der Waals surface area (Å²) in [5, 5.41) is 11.9. The van der Waals surface area contributed by atoms with Gasteiger partial charge in [0.25, 0.3) is 0 Å². The first kappa shape index (κ1) is 20.1. The Balaban J connectivity index is 1.69. The first-order chi connectivity index (χ1) is 13.8. The molecule has 2 fully saturated rings. The number of carbonyl (C=O) groups excluding carboxylic acids is 2. The van der Waals surface area contributed by atoms with E-state index in [1.54, 1.807) is 0 Å². The largest absolute Gasteiger partial charge is 0.550 e. The van der Waals surface area contributed by atoms with E-state index in [-0.39, 0.29) is 35.4 Å². The molecule has 1 heterocycles. The van der Waals surface area contributed by atoms with Crippen molar-refractivity contribution < 1.29 is 19.4 Å². The van der Waals surface area contributed by atoms with Crippen LogP contribution in [0.3, 0.4) is 0 Å². The fourth-order valence-electron chi connectivity index (χ4n) is 5.67. The predicted octanol–water partition coefficient (Wildman–Crippen LogP) is 2.72. The number of aliphatic carboxylic acids is 1. The van der Waals surface area contributed by atoms with Crippen LogP contribution < -0.4 is 5.11 Å². The monoisotopic (exact) mass is 396 g/mol. The molecule has 1 aromatic carbocycles. The molecule has 1 amide bonds. The summed E-state index contributed by atoms with van der Waals surface area (Å²) in [5.41, 5.74) is 0.758. The molecule has 5 nitrogen and oxygen atoms in total. The maximum Gasteiger partial charge on any atom is 0.227 e. The Morgan fingerprint density at radius 1 is 1.14 bits per heavy atom. The van der Waals surface area contributed by atoms with Crippen molar-refractivity contribution >= 4 is 11.9 Å². The van der Waals surface area contributed by atoms with E-state index in [1.807, 2.05) is 54.3 Å². The van der Waals surface area contributed by atoms with Gasteiger partial charge in [-0.15, -0.1) is 0 Å². The predicted molar refractivity (Wildman–Crippen MR) is 107 cm³/mol. The summed E-state index contributed by atoms with van der Waals surface area (Å²) in [5.74, 6) is -2.49. The minimum absolute atomic E-state index is 0.00581. The van der Waals surface area contributed by atoms with Crippen LogP contribution >= 0.6 is 0 Å². The Morgan fingerprint density at radius 3 is 2.41 bits per heavy atom. The summed E-state index contributed by atoms with van der Waals surface area (Å²) in [4.78, 5) is 27.8. The third-order valence-electron chi connectivity index (χ3n) is 7.03. The number of hydrogen-bond donors (Lipinski definition) is 0. The van der Waals surface area contributed by atoms with Crippen LogP contribution in [0, 0.1) is 23.7 Å². The molecule has 1 aromatic rings. The smallest absolute Gasteiger partial charge is 0.227 e. The summed E-state index contributed by atoms with van der Waals surface area (Å²) in [6.07, 6.45) is 6.23. The number of carboxylic acids is 1. The number of rotatable bonds is 5. The Kier molecular flexibility index (Phi) is 5.28. The second-order valence-corrected chi connectivity index (χ2v) is 9.41. The quantitative estimate of drug-likeness (QED) is 0.718. The average Bonchev–Trinajstić information content (AvgIpc) is 3.29. The van der Waals surface area contributed by atoms with Crippen molar-refractivity contribution in [2.24, 2.45) is 23.7 Å². The molecule has 1 aliphatic heterocycles. The highest BCUT2D eigenvalue weighted by Gasteiger charge is 2.51. The molecule has 2 bridgehead atoms. The molecular formula is C24H30NO4-. The number of nitrogens with zero attached hydrogens (tertiary/aromatic N) is 1. The standard InChI is InChI=1S/C24H31NO4/c1-15(16-7-5-4-6-8-16)25(19-11-12-29-24(2,3)14-19)22(26)20-17-9-10-18(13-17)21(20)23(27)28/h4-10,15,17-21H,11-14H2,1-3H3,(H,27,28)/p-1/t15-,17+,18-,19-,20-,21+/m0/s1. The van der Waals surface area contributed by atoms with Crippen LogP contribution in [0.25, 0.3) is 0 Å². The van der Waals surface area contributed by atoms with Gasteiger partial charge in [0.2, 0.25) is 5.91 Å². The second-order valence-electron chi connectivity index (χ2n) is 9.41. The van der Waals surface area contributed by atoms with Gasteiger partial charge in [-0.25, -0.2) is 0 Å². The van der Waals surface area contributed by atoms with Crippen molar-refractivity contribution in [2.75, 3.05) is 6.61 Å². The molecule has 1 saturated carbocycles. The summed E-state index contributed by atoms with van der Waals surface area (Å²) in [6.45, 7) is 6.76. The summed E-state index contributed by atoms with van der Waals surface area (Å²) >= 11 is 0. The van der Waals surface area contributed by atoms with Gasteiger partial charge in [-0.3, -0.25) is 4.79 Å². The zero-order chi connectivity index (χ0) is 20.8. The van der Waals surface area contributed by atoms with Crippen LogP contribution in [-0.4, -0.2) is 35.0 Å². The van der Waals surface area contributed by atoms with Crippen LogP contribution in [-0.2, 0) is 14.3 Å². The van der Waals surface area contributed by atoms with Crippen molar-refractivity contribution in [1.29, 1.82) is 0 Å². The van der Waals surface area contributed by atoms with Gasteiger partial charge >= 0.3 is 0 Å². The van der Waals surface area contributed by atoms with E-state index in [0.29, 0.717) is 6.61 Å². The van der Waals surface area contributed by atoms with Gasteiger partial charge in [-0.05, 0) is 57.4 Å². The zero-order valence-corrected chi connectivity index (χ0v) is 17.4. The number of fused-ring (bicyclic) bond motifs is 2. The third kappa shape index (κ3) is 3.73. The molecule has 3 aliphatic rings. The number of allylic oxidation sites excluding steroid dienone is 2. The highest BCUT2D eigenvalue weighted by Crippen LogP contribution is 2.49. The third-order valence-corrected chi connectivity index (χ3v) is 7.03. The first-order valence-electron chi connectivity index (χ1n) is 10.7. The van der Waals surface area contributed by atoms with Gasteiger partial charge in [0, 0.05) is 24.5 Å². The summed E-state index contributed by atoms with van der Waals surface area (Å²) < 4.78 is 5.89. The maximum absolute atomic E-state index is 13.9. The van der Waals surface area contributed by atoms with Gasteiger partial charge in [0.05, 0.1) is 17.6 Å². The lowest BCUT2D eigenvalue weighted by atomic mass is 9.80. The normalized spacial score (nSPS) is 33.4. The van der Waals surface area contributed by atoms with Gasteiger partial charge in [0.15, 0.2) is 0 Å². The fraction of sp³-hybridized carbons (Fsp3) is 0.583. The highest BCUT2D eigenvalue weighted by molar-refractivity contribution is 5.87. The molecule has 1 saturated heterocycles.